The lowest BCUT2D eigenvalue weighted by Gasteiger charge is -2.27. The summed E-state index contributed by atoms with van der Waals surface area (Å²) in [6.07, 6.45) is 6.21. The zero-order valence-electron chi connectivity index (χ0n) is 24.5. The van der Waals surface area contributed by atoms with Gasteiger partial charge in [0.25, 0.3) is 16.0 Å². The van der Waals surface area contributed by atoms with Gasteiger partial charge in [-0.1, -0.05) is 56.9 Å². The Bertz CT molecular complexity index is 1590. The van der Waals surface area contributed by atoms with Gasteiger partial charge in [-0.2, -0.15) is 8.42 Å². The largest absolute Gasteiger partial charge is 0.493 e. The number of carboxylic acid groups (broad SMARTS) is 1. The molecule has 0 aliphatic carbocycles. The van der Waals surface area contributed by atoms with E-state index in [9.17, 15) is 32.5 Å². The molecule has 1 saturated heterocycles. The minimum atomic E-state index is -4.66. The summed E-state index contributed by atoms with van der Waals surface area (Å²) < 4.78 is 45.9. The van der Waals surface area contributed by atoms with E-state index in [0.717, 1.165) is 25.3 Å². The van der Waals surface area contributed by atoms with Gasteiger partial charge in [0.1, 0.15) is 23.1 Å². The highest BCUT2D eigenvalue weighted by Crippen LogP contribution is 2.32. The maximum absolute atomic E-state index is 14.0. The van der Waals surface area contributed by atoms with E-state index < -0.39 is 51.0 Å². The van der Waals surface area contributed by atoms with Crippen LogP contribution in [0, 0.1) is 0 Å². The third-order valence-electron chi connectivity index (χ3n) is 7.42. The van der Waals surface area contributed by atoms with Crippen LogP contribution in [0.25, 0.3) is 0 Å². The number of aliphatic carboxylic acids is 1. The second-order valence-electron chi connectivity index (χ2n) is 10.5. The molecule has 44 heavy (non-hydrogen) atoms. The summed E-state index contributed by atoms with van der Waals surface area (Å²) in [6.45, 7) is 2.11. The molecule has 3 aromatic rings. The number of hydrogen-bond acceptors (Lipinski definition) is 8. The van der Waals surface area contributed by atoms with Crippen LogP contribution >= 0.6 is 0 Å². The number of rotatable bonds is 14. The number of nitrogens with zero attached hydrogens (tertiary/aromatic N) is 3. The van der Waals surface area contributed by atoms with Crippen LogP contribution in [-0.2, 0) is 19.7 Å². The smallest absolute Gasteiger partial charge is 0.326 e. The second-order valence-corrected chi connectivity index (χ2v) is 11.9. The van der Waals surface area contributed by atoms with Gasteiger partial charge in [0.2, 0.25) is 5.91 Å². The lowest BCUT2D eigenvalue weighted by molar-refractivity contribution is -0.149. The Hall–Kier alpha value is -4.43. The number of carboxylic acids is 1. The molecule has 1 aliphatic heterocycles. The van der Waals surface area contributed by atoms with E-state index in [0.29, 0.717) is 24.3 Å². The zero-order chi connectivity index (χ0) is 31.9. The Balaban J connectivity index is 1.56. The summed E-state index contributed by atoms with van der Waals surface area (Å²) in [6, 6.07) is 10.2. The van der Waals surface area contributed by atoms with Gasteiger partial charge in [-0.25, -0.2) is 9.78 Å². The SMILES string of the molecule is CCCCCC[C@H](C(=O)N1C[C@@H](Oc2ccccc2OC)C[C@H]1C(=O)O)n1cnc(NC(=O)c2ccccc2S(=O)(=O)O)c1. The summed E-state index contributed by atoms with van der Waals surface area (Å²) in [4.78, 5) is 44.1. The Morgan fingerprint density at radius 3 is 2.45 bits per heavy atom. The van der Waals surface area contributed by atoms with E-state index in [1.807, 2.05) is 0 Å². The van der Waals surface area contributed by atoms with Crippen molar-refractivity contribution in [3.63, 3.8) is 0 Å². The first-order chi connectivity index (χ1) is 21.0. The number of ether oxygens (including phenoxy) is 2. The van der Waals surface area contributed by atoms with Crippen LogP contribution in [-0.4, -0.2) is 76.1 Å². The molecule has 2 amide bonds. The first-order valence-electron chi connectivity index (χ1n) is 14.3. The van der Waals surface area contributed by atoms with Crippen LogP contribution < -0.4 is 14.8 Å². The average Bonchev–Trinajstić information content (AvgIpc) is 3.64. The van der Waals surface area contributed by atoms with E-state index in [2.05, 4.69) is 17.2 Å². The molecule has 236 valence electrons. The van der Waals surface area contributed by atoms with Crippen molar-refractivity contribution >= 4 is 33.7 Å². The van der Waals surface area contributed by atoms with Crippen LogP contribution in [0.2, 0.25) is 0 Å². The molecule has 0 saturated carbocycles. The van der Waals surface area contributed by atoms with Gasteiger partial charge in [0, 0.05) is 12.6 Å². The quantitative estimate of drug-likeness (QED) is 0.174. The molecule has 3 N–H and O–H groups in total. The Kier molecular flexibility index (Phi) is 10.6. The molecule has 0 spiro atoms. The highest BCUT2D eigenvalue weighted by molar-refractivity contribution is 7.86. The molecule has 14 heteroatoms. The summed E-state index contributed by atoms with van der Waals surface area (Å²) >= 11 is 0. The first kappa shape index (κ1) is 32.5. The summed E-state index contributed by atoms with van der Waals surface area (Å²) in [5.41, 5.74) is -0.279. The van der Waals surface area contributed by atoms with E-state index in [4.69, 9.17) is 9.47 Å². The van der Waals surface area contributed by atoms with Gasteiger partial charge < -0.3 is 29.4 Å². The monoisotopic (exact) mass is 628 g/mol. The van der Waals surface area contributed by atoms with Gasteiger partial charge in [-0.15, -0.1) is 0 Å². The average molecular weight is 629 g/mol. The molecule has 0 unspecified atom stereocenters. The molecule has 1 aliphatic rings. The number of hydrogen-bond donors (Lipinski definition) is 3. The fraction of sp³-hybridized carbons (Fsp3) is 0.400. The number of imidazole rings is 1. The molecule has 1 fully saturated rings. The van der Waals surface area contributed by atoms with Gasteiger partial charge >= 0.3 is 5.97 Å². The number of carbonyl (C=O) groups excluding carboxylic acids is 2. The van der Waals surface area contributed by atoms with Crippen molar-refractivity contribution in [1.82, 2.24) is 14.5 Å². The van der Waals surface area contributed by atoms with Gasteiger partial charge in [0.15, 0.2) is 17.3 Å². The molecule has 2 heterocycles. The van der Waals surface area contributed by atoms with Crippen LogP contribution in [0.5, 0.6) is 11.5 Å². The molecule has 3 atom stereocenters. The number of carbonyl (C=O) groups is 3. The fourth-order valence-corrected chi connectivity index (χ4v) is 5.94. The number of para-hydroxylation sites is 2. The van der Waals surface area contributed by atoms with Crippen molar-refractivity contribution in [3.8, 4) is 11.5 Å². The van der Waals surface area contributed by atoms with Crippen molar-refractivity contribution in [3.05, 3.63) is 66.6 Å². The lowest BCUT2D eigenvalue weighted by atomic mass is 10.1. The maximum Gasteiger partial charge on any atom is 0.326 e. The Labute approximate surface area is 255 Å². The van der Waals surface area contributed by atoms with E-state index in [1.54, 1.807) is 24.3 Å². The number of methoxy groups -OCH3 is 1. The molecule has 13 nitrogen and oxygen atoms in total. The molecule has 0 bridgehead atoms. The number of nitrogens with one attached hydrogen (secondary N) is 1. The number of aromatic nitrogens is 2. The van der Waals surface area contributed by atoms with Crippen molar-refractivity contribution < 1.29 is 41.9 Å². The van der Waals surface area contributed by atoms with E-state index in [1.165, 1.54) is 47.3 Å². The third-order valence-corrected chi connectivity index (χ3v) is 8.33. The zero-order valence-corrected chi connectivity index (χ0v) is 25.3. The Morgan fingerprint density at radius 1 is 1.07 bits per heavy atom. The summed E-state index contributed by atoms with van der Waals surface area (Å²) in [7, 11) is -3.15. The topological polar surface area (TPSA) is 177 Å². The highest BCUT2D eigenvalue weighted by Gasteiger charge is 2.43. The minimum Gasteiger partial charge on any atom is -0.493 e. The van der Waals surface area contributed by atoms with Crippen LogP contribution in [0.3, 0.4) is 0 Å². The number of amides is 2. The number of anilines is 1. The van der Waals surface area contributed by atoms with Crippen LogP contribution in [0.15, 0.2) is 66.0 Å². The molecule has 1 aromatic heterocycles. The number of benzene rings is 2. The van der Waals surface area contributed by atoms with E-state index >= 15 is 0 Å². The van der Waals surface area contributed by atoms with Crippen molar-refractivity contribution in [1.29, 1.82) is 0 Å². The lowest BCUT2D eigenvalue weighted by Crippen LogP contribution is -2.44. The van der Waals surface area contributed by atoms with Crippen LogP contribution in [0.4, 0.5) is 5.82 Å². The standard InChI is InChI=1S/C30H36N4O9S/c1-3-4-5-6-12-22(33-18-27(31-19-33)32-28(35)21-11-7-10-15-26(21)44(39,40)41)29(36)34-17-20(16-23(34)30(37)38)43-25-14-9-8-13-24(25)42-2/h7-11,13-15,18-20,22-23H,3-6,12,16-17H2,1-2H3,(H,32,35)(H,37,38)(H,39,40,41)/t20-,22+,23-/m0/s1. The van der Waals surface area contributed by atoms with Crippen molar-refractivity contribution in [2.75, 3.05) is 19.0 Å². The molecule has 4 rings (SSSR count). The van der Waals surface area contributed by atoms with Gasteiger partial charge in [-0.3, -0.25) is 14.1 Å². The second kappa shape index (κ2) is 14.4. The summed E-state index contributed by atoms with van der Waals surface area (Å²) in [5, 5.41) is 12.5. The predicted octanol–water partition coefficient (Wildman–Crippen LogP) is 4.04. The third kappa shape index (κ3) is 7.74. The van der Waals surface area contributed by atoms with Crippen molar-refractivity contribution in [2.45, 2.75) is 68.5 Å². The predicted molar refractivity (Wildman–Crippen MR) is 159 cm³/mol. The van der Waals surface area contributed by atoms with E-state index in [-0.39, 0.29) is 24.3 Å². The van der Waals surface area contributed by atoms with Crippen LogP contribution in [0.1, 0.15) is 61.8 Å². The number of likely N-dealkylation sites (tertiary alicyclic amines) is 1. The van der Waals surface area contributed by atoms with Crippen molar-refractivity contribution in [2.24, 2.45) is 0 Å². The maximum atomic E-state index is 14.0. The fourth-order valence-electron chi connectivity index (χ4n) is 5.25. The minimum absolute atomic E-state index is 0.0417. The molecule has 0 radical (unpaired) electrons. The van der Waals surface area contributed by atoms with Gasteiger partial charge in [0.05, 0.1) is 25.5 Å². The Morgan fingerprint density at radius 2 is 1.77 bits per heavy atom. The first-order valence-corrected chi connectivity index (χ1v) is 15.7. The normalized spacial score (nSPS) is 17.2. The molecular formula is C30H36N4O9S. The molecular weight excluding hydrogens is 592 g/mol. The number of unbranched alkanes of at least 4 members (excludes halogenated alkanes) is 3. The van der Waals surface area contributed by atoms with Gasteiger partial charge in [-0.05, 0) is 30.7 Å². The summed E-state index contributed by atoms with van der Waals surface area (Å²) in [5.74, 6) is -1.42. The highest BCUT2D eigenvalue weighted by atomic mass is 32.2. The molecule has 2 aromatic carbocycles.